The molecular weight excluding hydrogens is 1280 g/mol. The smallest absolute Gasteiger partial charge is 0.351 e. The van der Waals surface area contributed by atoms with Crippen molar-refractivity contribution in [2.45, 2.75) is 72.5 Å². The van der Waals surface area contributed by atoms with Crippen LogP contribution in [0.1, 0.15) is 22.3 Å². The van der Waals surface area contributed by atoms with E-state index in [4.69, 9.17) is 41.9 Å². The molecule has 6 aromatic carbocycles. The predicted octanol–water partition coefficient (Wildman–Crippen LogP) is 7.62. The van der Waals surface area contributed by atoms with Crippen molar-refractivity contribution in [3.63, 3.8) is 0 Å². The zero-order chi connectivity index (χ0) is 60.3. The van der Waals surface area contributed by atoms with Crippen molar-refractivity contribution in [3.8, 4) is 11.5 Å². The summed E-state index contributed by atoms with van der Waals surface area (Å²) in [6, 6.07) is 21.9. The lowest BCUT2D eigenvalue weighted by Crippen LogP contribution is -2.61. The maximum absolute atomic E-state index is 13.8. The van der Waals surface area contributed by atoms with Gasteiger partial charge in [-0.3, -0.25) is 4.98 Å². The Morgan fingerprint density at radius 2 is 1.29 bits per heavy atom. The van der Waals surface area contributed by atoms with Crippen molar-refractivity contribution in [1.29, 1.82) is 0 Å². The molecule has 2 fully saturated rings. The molecule has 87 heavy (non-hydrogen) atoms. The topological polar surface area (TPSA) is 497 Å². The molecule has 0 saturated carbocycles. The number of phenolic OH excluding ortho intramolecular Hbond substituents is 1. The molecule has 5 unspecified atom stereocenters. The van der Waals surface area contributed by atoms with Crippen molar-refractivity contribution in [2.75, 3.05) is 28.8 Å². The Bertz CT molecular complexity index is 4130. The number of hydrogen-bond acceptors (Lipinski definition) is 33. The number of H-pyrrole nitrogens is 1. The highest BCUT2D eigenvalue weighted by Gasteiger charge is 2.44. The van der Waals surface area contributed by atoms with Crippen molar-refractivity contribution in [3.05, 3.63) is 118 Å². The maximum Gasteiger partial charge on any atom is 0.351 e. The molecule has 10 rings (SSSR count). The highest BCUT2D eigenvalue weighted by molar-refractivity contribution is 8.25. The number of hydrogen-bond donors (Lipinski definition) is 10. The Morgan fingerprint density at radius 3 is 1.82 bits per heavy atom. The summed E-state index contributed by atoms with van der Waals surface area (Å²) in [5.41, 5.74) is -1.05. The number of aromatic hydroxyl groups is 1. The van der Waals surface area contributed by atoms with Gasteiger partial charge in [0.05, 0.1) is 61.0 Å². The molecule has 2 aliphatic rings. The maximum atomic E-state index is 13.8. The number of aliphatic hydroxyl groups is 4. The SMILES string of the molecule is C.C.C.CS1(c2cc3cc(S(=O)(=O)[O-])cc(Nc4nc(Cl)nc(Cl)n4)c3c(O)c2N=Nc2ccccc2)OOO1.O=c1nc(NC2C(O)OC(CO)C(O)C2O)nc(Nc2cc(S(=O)(=O)[O-])cc3cc(SOOO)c(N=Nc4ccccc4)c([O-])c23)[nH]1. The third-order valence-electron chi connectivity index (χ3n) is 11.6. The lowest BCUT2D eigenvalue weighted by molar-refractivity contribution is -0.470. The third kappa shape index (κ3) is 15.8. The Hall–Kier alpha value is -7.48. The summed E-state index contributed by atoms with van der Waals surface area (Å²) >= 11 is 12.0. The van der Waals surface area contributed by atoms with E-state index in [-0.39, 0.29) is 92.9 Å². The summed E-state index contributed by atoms with van der Waals surface area (Å²) in [5, 5.41) is 105. The van der Waals surface area contributed by atoms with Crippen LogP contribution in [0.2, 0.25) is 10.6 Å². The molecule has 2 saturated heterocycles. The van der Waals surface area contributed by atoms with E-state index in [9.17, 15) is 61.4 Å². The molecule has 33 nitrogen and oxygen atoms in total. The number of azo groups is 2. The first kappa shape index (κ1) is 68.6. The van der Waals surface area contributed by atoms with Gasteiger partial charge in [0.15, 0.2) is 17.7 Å². The second-order valence-electron chi connectivity index (χ2n) is 17.1. The number of anilines is 5. The van der Waals surface area contributed by atoms with Gasteiger partial charge in [-0.25, -0.2) is 26.9 Å². The summed E-state index contributed by atoms with van der Waals surface area (Å²) < 4.78 is 91.7. The van der Waals surface area contributed by atoms with Crippen LogP contribution in [0.5, 0.6) is 11.5 Å². The van der Waals surface area contributed by atoms with E-state index >= 15 is 0 Å². The average molecular weight is 1330 g/mol. The Morgan fingerprint density at radius 1 is 0.736 bits per heavy atom. The largest absolute Gasteiger partial charge is 0.870 e. The number of nitrogens with one attached hydrogen (secondary N) is 4. The van der Waals surface area contributed by atoms with Crippen LogP contribution in [-0.2, 0) is 48.1 Å². The first-order valence-corrected chi connectivity index (χ1v) is 29.3. The quantitative estimate of drug-likeness (QED) is 0.0138. The minimum Gasteiger partial charge on any atom is -0.870 e. The standard InChI is InChI=1S/C25H25N7O13S2.C20H14Cl2N6O7S2.3CH4/c33-9-14-19(34)21(36)18(22(37)43-14)27-24-28-23(29-25(38)30-24)26-13-8-12(47(40,41)42)6-10-7-15(46-45-44-39)17(20(35)16(10)13)32-31-11-4-2-1-3-5-11;1-36(34-33-35-36)14-8-10-7-12(37(30,31)32)9-13(23-20-25-18(21)24-19(22)26-20)15(10)17(29)16(14)28-27-11-5-3-2-4-6-11;;;/h1-8,14,18-19,21-22,33-37,39H,9H2,(H,40,41,42)(H3,26,27,28,29,30,38);2-9,29H,1H3,(H,30,31,32)(H,23,24,25,26);3*1H4/p-3. The molecule has 466 valence electrons. The lowest BCUT2D eigenvalue weighted by atomic mass is 9.97. The van der Waals surface area contributed by atoms with Crippen LogP contribution in [0.4, 0.5) is 52.0 Å². The van der Waals surface area contributed by atoms with Crippen LogP contribution in [0.3, 0.4) is 0 Å². The molecule has 0 aliphatic carbocycles. The molecule has 0 bridgehead atoms. The third-order valence-corrected chi connectivity index (χ3v) is 16.0. The zero-order valence-electron chi connectivity index (χ0n) is 41.6. The van der Waals surface area contributed by atoms with Crippen LogP contribution < -0.4 is 26.7 Å². The summed E-state index contributed by atoms with van der Waals surface area (Å²) in [6.45, 7) is -0.719. The molecule has 2 aliphatic heterocycles. The van der Waals surface area contributed by atoms with Crippen LogP contribution in [0, 0.1) is 0 Å². The fourth-order valence-corrected chi connectivity index (χ4v) is 11.0. The number of aliphatic hydroxyl groups excluding tert-OH is 4. The zero-order valence-corrected chi connectivity index (χ0v) is 46.4. The molecule has 0 spiro atoms. The van der Waals surface area contributed by atoms with Gasteiger partial charge < -0.3 is 60.4 Å². The first-order valence-electron chi connectivity index (χ1n) is 23.1. The highest BCUT2D eigenvalue weighted by Crippen LogP contribution is 2.66. The Labute approximate surface area is 507 Å². The molecule has 8 aromatic rings. The molecule has 10 N–H and O–H groups in total. The van der Waals surface area contributed by atoms with Gasteiger partial charge in [-0.2, -0.15) is 35.1 Å². The molecule has 5 atom stereocenters. The van der Waals surface area contributed by atoms with Crippen LogP contribution in [-0.4, -0.2) is 130 Å². The second-order valence-corrected chi connectivity index (χ2v) is 23.6. The monoisotopic (exact) mass is 1320 g/mol. The summed E-state index contributed by atoms with van der Waals surface area (Å²) in [7, 11) is -12.6. The number of fused-ring (bicyclic) bond motifs is 2. The van der Waals surface area contributed by atoms with Gasteiger partial charge in [-0.15, -0.1) is 14.6 Å². The van der Waals surface area contributed by atoms with Crippen LogP contribution in [0.15, 0.2) is 142 Å². The minimum atomic E-state index is -5.13. The number of ether oxygens (including phenoxy) is 1. The van der Waals surface area contributed by atoms with Gasteiger partial charge in [-0.1, -0.05) is 88.7 Å². The van der Waals surface area contributed by atoms with E-state index in [1.54, 1.807) is 66.9 Å². The fraction of sp³-hybridized carbons (Fsp3) is 0.208. The number of aromatic amines is 1. The Kier molecular flexibility index (Phi) is 22.5. The summed E-state index contributed by atoms with van der Waals surface area (Å²) in [4.78, 5) is 32.3. The van der Waals surface area contributed by atoms with Crippen molar-refractivity contribution >= 4 is 140 Å². The van der Waals surface area contributed by atoms with Gasteiger partial charge in [0.25, 0.3) is 0 Å². The lowest BCUT2D eigenvalue weighted by Gasteiger charge is -2.42. The molecular formula is C48H48Cl2N13O20S4-3. The average Bonchev–Trinajstić information content (AvgIpc) is 0.833. The normalized spacial score (nSPS) is 18.5. The van der Waals surface area contributed by atoms with Gasteiger partial charge in [0, 0.05) is 17.3 Å². The number of aromatic nitrogens is 6. The van der Waals surface area contributed by atoms with Crippen LogP contribution >= 0.6 is 45.8 Å². The van der Waals surface area contributed by atoms with Crippen molar-refractivity contribution in [2.24, 2.45) is 20.5 Å². The van der Waals surface area contributed by atoms with E-state index in [2.05, 4.69) is 80.7 Å². The second kappa shape index (κ2) is 28.6. The number of benzene rings is 6. The van der Waals surface area contributed by atoms with Crippen LogP contribution in [0.25, 0.3) is 21.5 Å². The Balaban J connectivity index is 0.000000275. The van der Waals surface area contributed by atoms with Crippen molar-refractivity contribution in [1.82, 2.24) is 29.9 Å². The van der Waals surface area contributed by atoms with Gasteiger partial charge in [-0.05, 0) is 105 Å². The van der Waals surface area contributed by atoms with Crippen molar-refractivity contribution < 1.29 is 89.7 Å². The van der Waals surface area contributed by atoms with E-state index in [1.807, 2.05) is 0 Å². The number of phenols is 1. The van der Waals surface area contributed by atoms with E-state index in [1.165, 1.54) is 12.1 Å². The number of rotatable bonds is 17. The van der Waals surface area contributed by atoms with Gasteiger partial charge in [0.1, 0.15) is 44.6 Å². The fourth-order valence-electron chi connectivity index (χ4n) is 7.91. The molecule has 4 heterocycles. The molecule has 2 aromatic heterocycles. The summed E-state index contributed by atoms with van der Waals surface area (Å²) in [5.74, 6) is -2.50. The van der Waals surface area contributed by atoms with E-state index in [0.29, 0.717) is 23.4 Å². The number of halogens is 2. The molecule has 0 radical (unpaired) electrons. The number of nitrogens with zero attached hydrogens (tertiary/aromatic N) is 9. The highest BCUT2D eigenvalue weighted by atomic mass is 35.5. The predicted molar refractivity (Wildman–Crippen MR) is 309 cm³/mol. The molecule has 0 amide bonds. The van der Waals surface area contributed by atoms with Gasteiger partial charge in [0.2, 0.25) is 28.4 Å². The van der Waals surface area contributed by atoms with E-state index in [0.717, 1.165) is 24.3 Å². The first-order chi connectivity index (χ1) is 39.9. The van der Waals surface area contributed by atoms with Gasteiger partial charge >= 0.3 is 5.69 Å². The van der Waals surface area contributed by atoms with E-state index < -0.39 is 107 Å². The minimum absolute atomic E-state index is 0. The molecule has 39 heteroatoms. The summed E-state index contributed by atoms with van der Waals surface area (Å²) in [6.07, 6.45) is -4.93.